The third-order valence-corrected chi connectivity index (χ3v) is 5.88. The predicted molar refractivity (Wildman–Crippen MR) is 121 cm³/mol. The Morgan fingerprint density at radius 3 is 2.55 bits per heavy atom. The number of hydrogen-bond donors (Lipinski definition) is 1. The summed E-state index contributed by atoms with van der Waals surface area (Å²) in [5.41, 5.74) is 1.58. The van der Waals surface area contributed by atoms with E-state index >= 15 is 0 Å². The Morgan fingerprint density at radius 1 is 1.13 bits per heavy atom. The zero-order chi connectivity index (χ0) is 22.4. The van der Waals surface area contributed by atoms with Gasteiger partial charge in [0.2, 0.25) is 18.6 Å². The van der Waals surface area contributed by atoms with Gasteiger partial charge in [0.05, 0.1) is 0 Å². The van der Waals surface area contributed by atoms with Crippen molar-refractivity contribution >= 4 is 35.0 Å². The van der Waals surface area contributed by atoms with Crippen molar-refractivity contribution in [3.63, 3.8) is 0 Å². The van der Waals surface area contributed by atoms with E-state index in [1.807, 2.05) is 25.1 Å². The number of carbonyl (C=O) groups excluding carboxylic acids is 2. The van der Waals surface area contributed by atoms with Crippen molar-refractivity contribution in [2.45, 2.75) is 45.7 Å². The van der Waals surface area contributed by atoms with Gasteiger partial charge in [0.25, 0.3) is 0 Å². The smallest absolute Gasteiger partial charge is 0.242 e. The van der Waals surface area contributed by atoms with Gasteiger partial charge in [-0.3, -0.25) is 9.59 Å². The summed E-state index contributed by atoms with van der Waals surface area (Å²) >= 11 is 12.6. The molecule has 1 atom stereocenters. The molecule has 0 bridgehead atoms. The summed E-state index contributed by atoms with van der Waals surface area (Å²) in [6.45, 7) is 4.60. The highest BCUT2D eigenvalue weighted by molar-refractivity contribution is 6.36. The van der Waals surface area contributed by atoms with Crippen LogP contribution < -0.4 is 14.8 Å². The number of ether oxygens (including phenoxy) is 2. The quantitative estimate of drug-likeness (QED) is 0.588. The molecular weight excluding hydrogens is 439 g/mol. The molecule has 1 N–H and O–H groups in total. The fourth-order valence-corrected chi connectivity index (χ4v) is 3.84. The minimum atomic E-state index is -0.664. The number of nitrogens with zero attached hydrogens (tertiary/aromatic N) is 1. The van der Waals surface area contributed by atoms with Crippen LogP contribution in [0.25, 0.3) is 0 Å². The molecule has 166 valence electrons. The topological polar surface area (TPSA) is 67.9 Å². The van der Waals surface area contributed by atoms with Gasteiger partial charge in [-0.1, -0.05) is 42.3 Å². The van der Waals surface area contributed by atoms with E-state index in [2.05, 4.69) is 5.32 Å². The molecule has 1 aliphatic heterocycles. The maximum absolute atomic E-state index is 13.2. The molecule has 31 heavy (non-hydrogen) atoms. The van der Waals surface area contributed by atoms with Gasteiger partial charge in [0.15, 0.2) is 11.5 Å². The van der Waals surface area contributed by atoms with Crippen LogP contribution in [0.1, 0.15) is 37.8 Å². The summed E-state index contributed by atoms with van der Waals surface area (Å²) in [7, 11) is 0. The van der Waals surface area contributed by atoms with E-state index in [9.17, 15) is 9.59 Å². The normalized spacial score (nSPS) is 13.0. The highest BCUT2D eigenvalue weighted by atomic mass is 35.5. The molecule has 3 rings (SSSR count). The third-order valence-electron chi connectivity index (χ3n) is 5.17. The van der Waals surface area contributed by atoms with Crippen LogP contribution in [0.15, 0.2) is 36.4 Å². The van der Waals surface area contributed by atoms with Gasteiger partial charge in [-0.25, -0.2) is 0 Å². The zero-order valence-corrected chi connectivity index (χ0v) is 19.1. The molecule has 0 saturated heterocycles. The molecule has 0 aliphatic carbocycles. The van der Waals surface area contributed by atoms with E-state index in [4.69, 9.17) is 32.7 Å². The summed E-state index contributed by atoms with van der Waals surface area (Å²) in [5.74, 6) is 1.01. The number of benzene rings is 2. The van der Waals surface area contributed by atoms with Crippen molar-refractivity contribution < 1.29 is 19.1 Å². The van der Waals surface area contributed by atoms with Gasteiger partial charge in [-0.15, -0.1) is 0 Å². The Balaban J connectivity index is 1.75. The Morgan fingerprint density at radius 2 is 1.84 bits per heavy atom. The highest BCUT2D eigenvalue weighted by Crippen LogP contribution is 2.33. The molecule has 0 saturated carbocycles. The van der Waals surface area contributed by atoms with Crippen LogP contribution in [0, 0.1) is 0 Å². The van der Waals surface area contributed by atoms with Gasteiger partial charge in [0.1, 0.15) is 6.04 Å². The van der Waals surface area contributed by atoms with Crippen LogP contribution >= 0.6 is 23.2 Å². The van der Waals surface area contributed by atoms with E-state index in [1.165, 1.54) is 4.90 Å². The number of hydrogen-bond acceptors (Lipinski definition) is 4. The fourth-order valence-electron chi connectivity index (χ4n) is 3.32. The molecular formula is C23H26Cl2N2O4. The summed E-state index contributed by atoms with van der Waals surface area (Å²) in [6.07, 6.45) is 1.55. The van der Waals surface area contributed by atoms with Gasteiger partial charge in [0, 0.05) is 35.1 Å². The van der Waals surface area contributed by atoms with Crippen LogP contribution in [0.5, 0.6) is 11.5 Å². The van der Waals surface area contributed by atoms with E-state index in [1.54, 1.807) is 25.1 Å². The number of amides is 2. The lowest BCUT2D eigenvalue weighted by atomic mass is 10.1. The van der Waals surface area contributed by atoms with E-state index in [-0.39, 0.29) is 31.6 Å². The Kier molecular flexibility index (Phi) is 8.04. The SMILES string of the molecule is CCCNC(=O)[C@@H](C)N(Cc1c(Cl)cccc1Cl)C(=O)CCc1ccc2c(c1)OCO2. The van der Waals surface area contributed by atoms with Gasteiger partial charge in [-0.05, 0) is 49.6 Å². The van der Waals surface area contributed by atoms with Crippen LogP contribution in [-0.2, 0) is 22.6 Å². The predicted octanol–water partition coefficient (Wildman–Crippen LogP) is 4.60. The number of aryl methyl sites for hydroxylation is 1. The largest absolute Gasteiger partial charge is 0.454 e. The lowest BCUT2D eigenvalue weighted by molar-refractivity contribution is -0.140. The molecule has 0 spiro atoms. The van der Waals surface area contributed by atoms with Crippen molar-refractivity contribution in [2.75, 3.05) is 13.3 Å². The summed E-state index contributed by atoms with van der Waals surface area (Å²) in [5, 5.41) is 3.78. The van der Waals surface area contributed by atoms with E-state index in [0.717, 1.165) is 12.0 Å². The second-order valence-corrected chi connectivity index (χ2v) is 8.19. The number of halogens is 2. The van der Waals surface area contributed by atoms with Gasteiger partial charge >= 0.3 is 0 Å². The lowest BCUT2D eigenvalue weighted by Gasteiger charge is -2.29. The standard InChI is InChI=1S/C23H26Cl2N2O4/c1-3-11-26-23(29)15(2)27(13-17-18(24)5-4-6-19(17)25)22(28)10-8-16-7-9-20-21(12-16)31-14-30-20/h4-7,9,12,15H,3,8,10-11,13-14H2,1-2H3,(H,26,29)/t15-/m1/s1. The molecule has 0 aromatic heterocycles. The number of fused-ring (bicyclic) bond motifs is 1. The fraction of sp³-hybridized carbons (Fsp3) is 0.391. The lowest BCUT2D eigenvalue weighted by Crippen LogP contribution is -2.47. The first kappa shape index (κ1) is 23.2. The van der Waals surface area contributed by atoms with Crippen molar-refractivity contribution in [1.82, 2.24) is 10.2 Å². The van der Waals surface area contributed by atoms with Crippen LogP contribution in [0.2, 0.25) is 10.0 Å². The van der Waals surface area contributed by atoms with Gasteiger partial charge in [-0.2, -0.15) is 0 Å². The molecule has 2 amide bonds. The molecule has 2 aromatic carbocycles. The van der Waals surface area contributed by atoms with Gasteiger partial charge < -0.3 is 19.7 Å². The average molecular weight is 465 g/mol. The first-order valence-corrected chi connectivity index (χ1v) is 11.0. The number of rotatable bonds is 9. The molecule has 8 heteroatoms. The summed E-state index contributed by atoms with van der Waals surface area (Å²) in [6, 6.07) is 10.2. The Bertz CT molecular complexity index is 931. The summed E-state index contributed by atoms with van der Waals surface area (Å²) < 4.78 is 10.7. The molecule has 6 nitrogen and oxygen atoms in total. The molecule has 0 radical (unpaired) electrons. The van der Waals surface area contributed by atoms with Crippen molar-refractivity contribution in [2.24, 2.45) is 0 Å². The minimum Gasteiger partial charge on any atom is -0.454 e. The highest BCUT2D eigenvalue weighted by Gasteiger charge is 2.27. The second-order valence-electron chi connectivity index (χ2n) is 7.38. The van der Waals surface area contributed by atoms with Crippen LogP contribution in [0.3, 0.4) is 0 Å². The van der Waals surface area contributed by atoms with E-state index in [0.29, 0.717) is 40.1 Å². The van der Waals surface area contributed by atoms with Crippen molar-refractivity contribution in [3.8, 4) is 11.5 Å². The molecule has 0 fully saturated rings. The maximum atomic E-state index is 13.2. The Labute approximate surface area is 192 Å². The second kappa shape index (κ2) is 10.7. The Hall–Kier alpha value is -2.44. The molecule has 1 heterocycles. The van der Waals surface area contributed by atoms with Crippen LogP contribution in [0.4, 0.5) is 0 Å². The summed E-state index contributed by atoms with van der Waals surface area (Å²) in [4.78, 5) is 27.3. The van der Waals surface area contributed by atoms with Crippen LogP contribution in [-0.4, -0.2) is 36.1 Å². The average Bonchev–Trinajstić information content (AvgIpc) is 3.23. The molecule has 0 unspecified atom stereocenters. The van der Waals surface area contributed by atoms with Crippen molar-refractivity contribution in [3.05, 3.63) is 57.6 Å². The van der Waals surface area contributed by atoms with Crippen molar-refractivity contribution in [1.29, 1.82) is 0 Å². The molecule has 2 aromatic rings. The maximum Gasteiger partial charge on any atom is 0.242 e. The number of carbonyl (C=O) groups is 2. The first-order chi connectivity index (χ1) is 14.9. The van der Waals surface area contributed by atoms with E-state index < -0.39 is 6.04 Å². The monoisotopic (exact) mass is 464 g/mol. The minimum absolute atomic E-state index is 0.152. The molecule has 1 aliphatic rings. The zero-order valence-electron chi connectivity index (χ0n) is 17.6. The number of nitrogens with one attached hydrogen (secondary N) is 1. The third kappa shape index (κ3) is 5.83. The first-order valence-electron chi connectivity index (χ1n) is 10.3.